The number of aliphatic hydroxyl groups is 1. The van der Waals surface area contributed by atoms with Gasteiger partial charge >= 0.3 is 0 Å². The van der Waals surface area contributed by atoms with Crippen molar-refractivity contribution in [3.63, 3.8) is 0 Å². The second-order valence-corrected chi connectivity index (χ2v) is 6.95. The van der Waals surface area contributed by atoms with Crippen LogP contribution in [-0.4, -0.2) is 53.3 Å². The zero-order valence-electron chi connectivity index (χ0n) is 13.5. The second kappa shape index (κ2) is 6.56. The van der Waals surface area contributed by atoms with Gasteiger partial charge in [-0.1, -0.05) is 18.2 Å². The minimum atomic E-state index is -0.211. The number of hydrogen-bond acceptors (Lipinski definition) is 4. The maximum absolute atomic E-state index is 10.6. The van der Waals surface area contributed by atoms with E-state index in [2.05, 4.69) is 39.5 Å². The average Bonchev–Trinajstić information content (AvgIpc) is 2.97. The van der Waals surface area contributed by atoms with Crippen molar-refractivity contribution in [1.29, 1.82) is 0 Å². The summed E-state index contributed by atoms with van der Waals surface area (Å²) in [6.45, 7) is 4.06. The van der Waals surface area contributed by atoms with E-state index in [0.717, 1.165) is 38.1 Å². The first-order chi connectivity index (χ1) is 11.3. The number of β-amino-alcohol motifs (C(OH)–C–C–N with tert-alkyl or cyclic N) is 1. The zero-order chi connectivity index (χ0) is 15.6. The molecule has 4 nitrogen and oxygen atoms in total. The highest BCUT2D eigenvalue weighted by Crippen LogP contribution is 2.28. The molecular weight excluding hydrogens is 286 g/mol. The molecule has 0 aliphatic carbocycles. The summed E-state index contributed by atoms with van der Waals surface area (Å²) in [5, 5.41) is 15.2. The Hall–Kier alpha value is -1.49. The van der Waals surface area contributed by atoms with E-state index in [0.29, 0.717) is 12.0 Å². The van der Waals surface area contributed by atoms with Gasteiger partial charge in [0.1, 0.15) is 0 Å². The molecule has 1 aromatic carbocycles. The van der Waals surface area contributed by atoms with Crippen LogP contribution >= 0.6 is 0 Å². The van der Waals surface area contributed by atoms with Crippen LogP contribution in [0.3, 0.4) is 0 Å². The number of fused-ring (bicyclic) bond motifs is 1. The average molecular weight is 311 g/mol. The summed E-state index contributed by atoms with van der Waals surface area (Å²) < 4.78 is 0. The number of benzene rings is 1. The lowest BCUT2D eigenvalue weighted by atomic mass is 9.94. The van der Waals surface area contributed by atoms with E-state index in [1.807, 2.05) is 12.3 Å². The zero-order valence-corrected chi connectivity index (χ0v) is 13.5. The number of nitrogens with one attached hydrogen (secondary N) is 1. The lowest BCUT2D eigenvalue weighted by Gasteiger charge is -2.31. The highest BCUT2D eigenvalue weighted by Gasteiger charge is 2.35. The summed E-state index contributed by atoms with van der Waals surface area (Å²) in [5.74, 6) is 0.329. The van der Waals surface area contributed by atoms with Gasteiger partial charge in [-0.05, 0) is 50.0 Å². The van der Waals surface area contributed by atoms with Gasteiger partial charge in [-0.3, -0.25) is 9.88 Å². The van der Waals surface area contributed by atoms with Crippen molar-refractivity contribution < 1.29 is 5.11 Å². The van der Waals surface area contributed by atoms with Crippen LogP contribution in [0.4, 0.5) is 0 Å². The summed E-state index contributed by atoms with van der Waals surface area (Å²) in [5.41, 5.74) is 2.36. The number of likely N-dealkylation sites (tertiary alicyclic amines) is 1. The fraction of sp³-hybridized carbons (Fsp3) is 0.526. The van der Waals surface area contributed by atoms with Crippen molar-refractivity contribution >= 4 is 10.9 Å². The fourth-order valence-corrected chi connectivity index (χ4v) is 4.17. The molecule has 2 saturated heterocycles. The van der Waals surface area contributed by atoms with Crippen LogP contribution in [0.25, 0.3) is 10.9 Å². The minimum absolute atomic E-state index is 0.211. The molecular formula is C19H25N3O. The number of aromatic nitrogens is 1. The molecule has 0 bridgehead atoms. The van der Waals surface area contributed by atoms with Crippen LogP contribution in [0, 0.1) is 5.92 Å². The highest BCUT2D eigenvalue weighted by atomic mass is 16.3. The van der Waals surface area contributed by atoms with E-state index < -0.39 is 0 Å². The molecule has 0 saturated carbocycles. The third kappa shape index (κ3) is 3.11. The summed E-state index contributed by atoms with van der Waals surface area (Å²) >= 11 is 0. The van der Waals surface area contributed by atoms with Crippen LogP contribution in [0.1, 0.15) is 18.4 Å². The predicted molar refractivity (Wildman–Crippen MR) is 92.4 cm³/mol. The molecule has 0 spiro atoms. The molecule has 2 fully saturated rings. The number of para-hydroxylation sites is 1. The van der Waals surface area contributed by atoms with Gasteiger partial charge in [0.25, 0.3) is 0 Å². The standard InChI is InChI=1S/C19H25N3O/c23-19-13-22(16-6-8-20-9-7-16)12-15(19)11-14-5-10-21-18-4-2-1-3-17(14)18/h1-5,10,15-16,19-20,23H,6-9,11-13H2/t15-,19-/m1/s1. The number of pyridine rings is 1. The maximum Gasteiger partial charge on any atom is 0.0710 e. The lowest BCUT2D eigenvalue weighted by Crippen LogP contribution is -2.42. The minimum Gasteiger partial charge on any atom is -0.391 e. The normalized spacial score (nSPS) is 26.8. The van der Waals surface area contributed by atoms with Gasteiger partial charge in [0.15, 0.2) is 0 Å². The summed E-state index contributed by atoms with van der Waals surface area (Å²) in [6.07, 6.45) is 5.03. The Labute approximate surface area is 137 Å². The molecule has 23 heavy (non-hydrogen) atoms. The Bertz CT molecular complexity index is 663. The second-order valence-electron chi connectivity index (χ2n) is 6.95. The van der Waals surface area contributed by atoms with E-state index in [9.17, 15) is 5.11 Å². The van der Waals surface area contributed by atoms with Crippen LogP contribution in [0.2, 0.25) is 0 Å². The molecule has 2 aromatic rings. The smallest absolute Gasteiger partial charge is 0.0710 e. The van der Waals surface area contributed by atoms with Crippen molar-refractivity contribution in [3.05, 3.63) is 42.1 Å². The molecule has 3 heterocycles. The van der Waals surface area contributed by atoms with Gasteiger partial charge in [0, 0.05) is 36.6 Å². The molecule has 122 valence electrons. The first-order valence-corrected chi connectivity index (χ1v) is 8.77. The Morgan fingerprint density at radius 3 is 2.83 bits per heavy atom. The van der Waals surface area contributed by atoms with Gasteiger partial charge in [-0.2, -0.15) is 0 Å². The van der Waals surface area contributed by atoms with Gasteiger partial charge in [0.2, 0.25) is 0 Å². The SMILES string of the molecule is O[C@@H]1CN(C2CCNCC2)C[C@H]1Cc1ccnc2ccccc12. The third-order valence-corrected chi connectivity index (χ3v) is 5.48. The Kier molecular flexibility index (Phi) is 4.29. The van der Waals surface area contributed by atoms with Crippen molar-refractivity contribution in [2.24, 2.45) is 5.92 Å². The highest BCUT2D eigenvalue weighted by molar-refractivity contribution is 5.81. The Morgan fingerprint density at radius 1 is 1.13 bits per heavy atom. The van der Waals surface area contributed by atoms with Gasteiger partial charge in [-0.25, -0.2) is 0 Å². The first kappa shape index (κ1) is 15.1. The first-order valence-electron chi connectivity index (χ1n) is 8.77. The van der Waals surface area contributed by atoms with Crippen LogP contribution in [0.5, 0.6) is 0 Å². The molecule has 0 amide bonds. The number of rotatable bonds is 3. The van der Waals surface area contributed by atoms with Gasteiger partial charge in [0.05, 0.1) is 11.6 Å². The molecule has 4 heteroatoms. The molecule has 2 aliphatic heterocycles. The number of nitrogens with zero attached hydrogens (tertiary/aromatic N) is 2. The molecule has 0 radical (unpaired) electrons. The number of aliphatic hydroxyl groups excluding tert-OH is 1. The van der Waals surface area contributed by atoms with Crippen molar-refractivity contribution in [3.8, 4) is 0 Å². The van der Waals surface area contributed by atoms with Gasteiger partial charge < -0.3 is 10.4 Å². The van der Waals surface area contributed by atoms with Crippen molar-refractivity contribution in [2.45, 2.75) is 31.4 Å². The summed E-state index contributed by atoms with van der Waals surface area (Å²) in [6, 6.07) is 11.1. The number of hydrogen-bond donors (Lipinski definition) is 2. The van der Waals surface area contributed by atoms with Gasteiger partial charge in [-0.15, -0.1) is 0 Å². The van der Waals surface area contributed by atoms with Crippen LogP contribution in [0.15, 0.2) is 36.5 Å². The summed E-state index contributed by atoms with van der Waals surface area (Å²) in [4.78, 5) is 6.96. The van der Waals surface area contributed by atoms with E-state index in [4.69, 9.17) is 0 Å². The van der Waals surface area contributed by atoms with E-state index in [1.165, 1.54) is 23.8 Å². The molecule has 0 unspecified atom stereocenters. The quantitative estimate of drug-likeness (QED) is 0.908. The fourth-order valence-electron chi connectivity index (χ4n) is 4.17. The van der Waals surface area contributed by atoms with Crippen LogP contribution < -0.4 is 5.32 Å². The lowest BCUT2D eigenvalue weighted by molar-refractivity contribution is 0.130. The molecule has 4 rings (SSSR count). The maximum atomic E-state index is 10.6. The third-order valence-electron chi connectivity index (χ3n) is 5.48. The molecule has 2 N–H and O–H groups in total. The van der Waals surface area contributed by atoms with Crippen molar-refractivity contribution in [1.82, 2.24) is 15.2 Å². The largest absolute Gasteiger partial charge is 0.391 e. The Balaban J connectivity index is 1.50. The Morgan fingerprint density at radius 2 is 1.96 bits per heavy atom. The van der Waals surface area contributed by atoms with E-state index in [-0.39, 0.29) is 6.10 Å². The topological polar surface area (TPSA) is 48.4 Å². The van der Waals surface area contributed by atoms with E-state index in [1.54, 1.807) is 0 Å². The van der Waals surface area contributed by atoms with Crippen LogP contribution in [-0.2, 0) is 6.42 Å². The van der Waals surface area contributed by atoms with Crippen molar-refractivity contribution in [2.75, 3.05) is 26.2 Å². The van der Waals surface area contributed by atoms with E-state index >= 15 is 0 Å². The summed E-state index contributed by atoms with van der Waals surface area (Å²) in [7, 11) is 0. The molecule has 2 aliphatic rings. The number of piperidine rings is 1. The monoisotopic (exact) mass is 311 g/mol. The molecule has 1 aromatic heterocycles. The predicted octanol–water partition coefficient (Wildman–Crippen LogP) is 1.82. The molecule has 2 atom stereocenters.